The van der Waals surface area contributed by atoms with E-state index in [2.05, 4.69) is 0 Å². The summed E-state index contributed by atoms with van der Waals surface area (Å²) in [5.41, 5.74) is -0.732. The van der Waals surface area contributed by atoms with Crippen LogP contribution in [-0.4, -0.2) is 28.7 Å². The highest BCUT2D eigenvalue weighted by Crippen LogP contribution is 2.60. The first kappa shape index (κ1) is 12.7. The van der Waals surface area contributed by atoms with Crippen molar-refractivity contribution >= 4 is 0 Å². The second-order valence-corrected chi connectivity index (χ2v) is 5.77. The molecule has 0 fully saturated rings. The molecule has 3 heterocycles. The number of aromatic hydroxyl groups is 2. The van der Waals surface area contributed by atoms with E-state index in [4.69, 9.17) is 18.9 Å². The molecule has 7 heteroatoms. The van der Waals surface area contributed by atoms with Gasteiger partial charge in [0.2, 0.25) is 12.5 Å². The van der Waals surface area contributed by atoms with Crippen molar-refractivity contribution in [3.8, 4) is 34.5 Å². The van der Waals surface area contributed by atoms with Gasteiger partial charge in [-0.25, -0.2) is 0 Å². The molecular weight excluding hydrogens is 304 g/mol. The van der Waals surface area contributed by atoms with Crippen LogP contribution in [0.3, 0.4) is 0 Å². The van der Waals surface area contributed by atoms with E-state index in [-0.39, 0.29) is 36.2 Å². The number of phenolic OH excluding ortho intramolecular Hbond substituents is 2. The summed E-state index contributed by atoms with van der Waals surface area (Å²) in [6, 6.07) is 6.18. The molecule has 2 aromatic carbocycles. The van der Waals surface area contributed by atoms with Crippen molar-refractivity contribution in [2.24, 2.45) is 0 Å². The van der Waals surface area contributed by atoms with Gasteiger partial charge in [0.05, 0.1) is 5.56 Å². The lowest BCUT2D eigenvalue weighted by Gasteiger charge is -2.34. The Morgan fingerprint density at radius 3 is 2.74 bits per heavy atom. The van der Waals surface area contributed by atoms with Crippen molar-refractivity contribution < 1.29 is 34.3 Å². The largest absolute Gasteiger partial charge is 0.508 e. The van der Waals surface area contributed by atoms with Gasteiger partial charge in [0.1, 0.15) is 23.9 Å². The van der Waals surface area contributed by atoms with Crippen molar-refractivity contribution in [2.75, 3.05) is 13.4 Å². The van der Waals surface area contributed by atoms with Gasteiger partial charge in [-0.05, 0) is 12.1 Å². The summed E-state index contributed by atoms with van der Waals surface area (Å²) in [5.74, 6) is 1.18. The molecule has 5 rings (SSSR count). The highest BCUT2D eigenvalue weighted by molar-refractivity contribution is 5.66. The standard InChI is InChI=1S/C16H12O7/c17-7-1-2-8-9(3-7)20-5-16(19)12-10(23-15(8)16)4-11-14(13(12)18)22-6-21-11/h1-4,15,17-19H,5-6H2/t15-,16-/m1/s1. The van der Waals surface area contributed by atoms with Gasteiger partial charge in [-0.15, -0.1) is 0 Å². The van der Waals surface area contributed by atoms with Crippen molar-refractivity contribution in [1.29, 1.82) is 0 Å². The normalized spacial score (nSPS) is 25.9. The Balaban J connectivity index is 1.71. The number of hydrogen-bond donors (Lipinski definition) is 3. The number of rotatable bonds is 0. The van der Waals surface area contributed by atoms with E-state index in [1.54, 1.807) is 12.1 Å². The fourth-order valence-electron chi connectivity index (χ4n) is 3.39. The lowest BCUT2D eigenvalue weighted by Crippen LogP contribution is -2.41. The molecule has 3 N–H and O–H groups in total. The monoisotopic (exact) mass is 316 g/mol. The summed E-state index contributed by atoms with van der Waals surface area (Å²) < 4.78 is 22.0. The zero-order valence-corrected chi connectivity index (χ0v) is 11.8. The molecular formula is C16H12O7. The quantitative estimate of drug-likeness (QED) is 0.678. The van der Waals surface area contributed by atoms with Crippen LogP contribution in [0.5, 0.6) is 34.5 Å². The molecule has 23 heavy (non-hydrogen) atoms. The Morgan fingerprint density at radius 2 is 1.87 bits per heavy atom. The van der Waals surface area contributed by atoms with Crippen LogP contribution in [0.1, 0.15) is 17.2 Å². The van der Waals surface area contributed by atoms with E-state index in [0.29, 0.717) is 22.8 Å². The maximum absolute atomic E-state index is 11.1. The minimum absolute atomic E-state index is 0.00620. The van der Waals surface area contributed by atoms with E-state index in [9.17, 15) is 15.3 Å². The first-order valence-corrected chi connectivity index (χ1v) is 7.09. The van der Waals surface area contributed by atoms with Crippen LogP contribution in [0, 0.1) is 0 Å². The van der Waals surface area contributed by atoms with Crippen molar-refractivity contribution in [2.45, 2.75) is 11.7 Å². The van der Waals surface area contributed by atoms with Crippen molar-refractivity contribution in [1.82, 2.24) is 0 Å². The van der Waals surface area contributed by atoms with Crippen LogP contribution in [0.2, 0.25) is 0 Å². The first-order valence-electron chi connectivity index (χ1n) is 7.09. The molecule has 0 amide bonds. The first-order chi connectivity index (χ1) is 11.1. The molecule has 2 aromatic rings. The molecule has 0 aromatic heterocycles. The predicted molar refractivity (Wildman–Crippen MR) is 75.1 cm³/mol. The summed E-state index contributed by atoms with van der Waals surface area (Å²) in [6.07, 6.45) is -0.754. The summed E-state index contributed by atoms with van der Waals surface area (Å²) >= 11 is 0. The number of aliphatic hydroxyl groups is 1. The Hall–Kier alpha value is -2.80. The summed E-state index contributed by atoms with van der Waals surface area (Å²) in [4.78, 5) is 0. The Labute approximate surface area is 130 Å². The highest BCUT2D eigenvalue weighted by Gasteiger charge is 2.55. The molecule has 0 spiro atoms. The summed E-state index contributed by atoms with van der Waals surface area (Å²) in [5, 5.41) is 31.2. The lowest BCUT2D eigenvalue weighted by atomic mass is 9.84. The second-order valence-electron chi connectivity index (χ2n) is 5.77. The van der Waals surface area contributed by atoms with Gasteiger partial charge in [0, 0.05) is 17.7 Å². The van der Waals surface area contributed by atoms with Gasteiger partial charge in [-0.1, -0.05) is 0 Å². The van der Waals surface area contributed by atoms with Crippen LogP contribution in [0.25, 0.3) is 0 Å². The Bertz CT molecular complexity index is 847. The molecule has 7 nitrogen and oxygen atoms in total. The predicted octanol–water partition coefficient (Wildman–Crippen LogP) is 1.54. The van der Waals surface area contributed by atoms with Crippen LogP contribution < -0.4 is 18.9 Å². The minimum Gasteiger partial charge on any atom is -0.508 e. The SMILES string of the molecule is Oc1ccc2c(c1)OC[C@@]1(O)c3c(cc4c(c3O)OCO4)O[C@H]21. The average Bonchev–Trinajstić information content (AvgIpc) is 3.10. The van der Waals surface area contributed by atoms with Gasteiger partial charge in [-0.2, -0.15) is 0 Å². The maximum Gasteiger partial charge on any atom is 0.231 e. The molecule has 0 unspecified atom stereocenters. The third kappa shape index (κ3) is 1.47. The third-order valence-electron chi connectivity index (χ3n) is 4.44. The number of ether oxygens (including phenoxy) is 4. The third-order valence-corrected chi connectivity index (χ3v) is 4.44. The molecule has 2 atom stereocenters. The van der Waals surface area contributed by atoms with Gasteiger partial charge in [0.15, 0.2) is 23.2 Å². The van der Waals surface area contributed by atoms with E-state index in [1.165, 1.54) is 12.1 Å². The van der Waals surface area contributed by atoms with Gasteiger partial charge >= 0.3 is 0 Å². The topological polar surface area (TPSA) is 97.6 Å². The van der Waals surface area contributed by atoms with Gasteiger partial charge in [0.25, 0.3) is 0 Å². The van der Waals surface area contributed by atoms with E-state index in [1.807, 2.05) is 0 Å². The molecule has 3 aliphatic rings. The number of hydrogen-bond acceptors (Lipinski definition) is 7. The molecule has 0 saturated heterocycles. The zero-order valence-electron chi connectivity index (χ0n) is 11.8. The molecule has 0 radical (unpaired) electrons. The van der Waals surface area contributed by atoms with Crippen LogP contribution in [-0.2, 0) is 5.60 Å². The Kier molecular flexibility index (Phi) is 2.18. The lowest BCUT2D eigenvalue weighted by molar-refractivity contribution is -0.0873. The Morgan fingerprint density at radius 1 is 1.00 bits per heavy atom. The second kappa shape index (κ2) is 3.94. The van der Waals surface area contributed by atoms with Crippen molar-refractivity contribution in [3.63, 3.8) is 0 Å². The number of fused-ring (bicyclic) bond motifs is 6. The average molecular weight is 316 g/mol. The zero-order chi connectivity index (χ0) is 15.8. The molecule has 0 aliphatic carbocycles. The molecule has 0 bridgehead atoms. The smallest absolute Gasteiger partial charge is 0.231 e. The number of phenols is 2. The van der Waals surface area contributed by atoms with E-state index < -0.39 is 11.7 Å². The fraction of sp³-hybridized carbons (Fsp3) is 0.250. The van der Waals surface area contributed by atoms with Gasteiger partial charge < -0.3 is 34.3 Å². The summed E-state index contributed by atoms with van der Waals surface area (Å²) in [7, 11) is 0. The molecule has 3 aliphatic heterocycles. The van der Waals surface area contributed by atoms with Gasteiger partial charge in [-0.3, -0.25) is 0 Å². The minimum atomic E-state index is -1.55. The van der Waals surface area contributed by atoms with E-state index in [0.717, 1.165) is 0 Å². The van der Waals surface area contributed by atoms with Crippen molar-refractivity contribution in [3.05, 3.63) is 35.4 Å². The summed E-state index contributed by atoms with van der Waals surface area (Å²) in [6.45, 7) is -0.111. The molecule has 0 saturated carbocycles. The number of benzene rings is 2. The molecule has 118 valence electrons. The van der Waals surface area contributed by atoms with Crippen LogP contribution in [0.15, 0.2) is 24.3 Å². The van der Waals surface area contributed by atoms with E-state index >= 15 is 0 Å². The maximum atomic E-state index is 11.1. The van der Waals surface area contributed by atoms with Crippen LogP contribution >= 0.6 is 0 Å². The highest BCUT2D eigenvalue weighted by atomic mass is 16.7. The van der Waals surface area contributed by atoms with Crippen LogP contribution in [0.4, 0.5) is 0 Å². The fourth-order valence-corrected chi connectivity index (χ4v) is 3.39.